The SMILES string of the molecule is COc1cc(C(C)=O)ccc1Sc1nc(C(C)C)nc(N(C)C)n1. The van der Waals surface area contributed by atoms with Crippen molar-refractivity contribution in [2.45, 2.75) is 36.7 Å². The van der Waals surface area contributed by atoms with E-state index in [0.29, 0.717) is 22.4 Å². The Kier molecular flexibility index (Phi) is 5.77. The van der Waals surface area contributed by atoms with Crippen molar-refractivity contribution in [3.05, 3.63) is 29.6 Å². The quantitative estimate of drug-likeness (QED) is 0.742. The van der Waals surface area contributed by atoms with E-state index < -0.39 is 0 Å². The van der Waals surface area contributed by atoms with Crippen LogP contribution < -0.4 is 9.64 Å². The lowest BCUT2D eigenvalue weighted by Crippen LogP contribution is -2.15. The molecule has 0 saturated carbocycles. The van der Waals surface area contributed by atoms with Crippen LogP contribution in [0.3, 0.4) is 0 Å². The molecule has 0 N–H and O–H groups in total. The Morgan fingerprint density at radius 3 is 2.46 bits per heavy atom. The highest BCUT2D eigenvalue weighted by Crippen LogP contribution is 2.34. The molecule has 0 saturated heterocycles. The fraction of sp³-hybridized carbons (Fsp3) is 0.412. The van der Waals surface area contributed by atoms with E-state index in [9.17, 15) is 4.79 Å². The lowest BCUT2D eigenvalue weighted by atomic mass is 10.1. The van der Waals surface area contributed by atoms with E-state index in [2.05, 4.69) is 15.0 Å². The van der Waals surface area contributed by atoms with Crippen LogP contribution in [0.1, 0.15) is 42.9 Å². The fourth-order valence-electron chi connectivity index (χ4n) is 1.93. The molecular weight excluding hydrogens is 324 g/mol. The van der Waals surface area contributed by atoms with E-state index >= 15 is 0 Å². The van der Waals surface area contributed by atoms with Gasteiger partial charge < -0.3 is 9.64 Å². The molecule has 0 bridgehead atoms. The van der Waals surface area contributed by atoms with Crippen LogP contribution in [0, 0.1) is 0 Å². The number of carbonyl (C=O) groups is 1. The van der Waals surface area contributed by atoms with Gasteiger partial charge in [0, 0.05) is 25.6 Å². The van der Waals surface area contributed by atoms with Crippen LogP contribution in [-0.2, 0) is 0 Å². The lowest BCUT2D eigenvalue weighted by Gasteiger charge is -2.14. The second-order valence-corrected chi connectivity index (χ2v) is 6.86. The molecule has 0 spiro atoms. The number of nitrogens with zero attached hydrogens (tertiary/aromatic N) is 4. The molecule has 24 heavy (non-hydrogen) atoms. The molecule has 7 heteroatoms. The summed E-state index contributed by atoms with van der Waals surface area (Å²) in [5.41, 5.74) is 0.615. The molecule has 0 aliphatic carbocycles. The van der Waals surface area contributed by atoms with Crippen molar-refractivity contribution < 1.29 is 9.53 Å². The van der Waals surface area contributed by atoms with Gasteiger partial charge in [0.15, 0.2) is 10.9 Å². The zero-order valence-electron chi connectivity index (χ0n) is 14.8. The maximum absolute atomic E-state index is 11.5. The lowest BCUT2D eigenvalue weighted by molar-refractivity contribution is 0.101. The molecule has 2 aromatic rings. The van der Waals surface area contributed by atoms with Crippen LogP contribution in [0.25, 0.3) is 0 Å². The molecule has 0 radical (unpaired) electrons. The molecule has 0 amide bonds. The minimum atomic E-state index is 0.00185. The monoisotopic (exact) mass is 346 g/mol. The number of methoxy groups -OCH3 is 1. The van der Waals surface area contributed by atoms with Gasteiger partial charge in [0.1, 0.15) is 11.6 Å². The Balaban J connectivity index is 2.41. The Morgan fingerprint density at radius 1 is 1.21 bits per heavy atom. The summed E-state index contributed by atoms with van der Waals surface area (Å²) in [6, 6.07) is 5.38. The number of Topliss-reactive ketones (excluding diaryl/α,β-unsaturated/α-hetero) is 1. The zero-order valence-corrected chi connectivity index (χ0v) is 15.6. The van der Waals surface area contributed by atoms with Gasteiger partial charge in [-0.25, -0.2) is 4.98 Å². The molecule has 0 aliphatic heterocycles. The van der Waals surface area contributed by atoms with Crippen LogP contribution in [0.4, 0.5) is 5.95 Å². The van der Waals surface area contributed by atoms with Crippen molar-refractivity contribution >= 4 is 23.5 Å². The second kappa shape index (κ2) is 7.61. The van der Waals surface area contributed by atoms with Gasteiger partial charge in [0.05, 0.1) is 12.0 Å². The highest BCUT2D eigenvalue weighted by Gasteiger charge is 2.15. The molecule has 1 aromatic carbocycles. The number of ether oxygens (including phenoxy) is 1. The molecule has 1 heterocycles. The van der Waals surface area contributed by atoms with Gasteiger partial charge in [-0.3, -0.25) is 4.79 Å². The summed E-state index contributed by atoms with van der Waals surface area (Å²) in [5.74, 6) is 2.20. The molecule has 6 nitrogen and oxygen atoms in total. The predicted molar refractivity (Wildman–Crippen MR) is 95.4 cm³/mol. The Hall–Kier alpha value is -2.15. The van der Waals surface area contributed by atoms with Crippen molar-refractivity contribution in [2.75, 3.05) is 26.1 Å². The molecule has 0 aliphatic rings. The third-order valence-corrected chi connectivity index (χ3v) is 4.23. The minimum absolute atomic E-state index is 0.00185. The number of anilines is 1. The van der Waals surface area contributed by atoms with Crippen LogP contribution >= 0.6 is 11.8 Å². The van der Waals surface area contributed by atoms with Crippen molar-refractivity contribution in [3.63, 3.8) is 0 Å². The van der Waals surface area contributed by atoms with Gasteiger partial charge in [-0.2, -0.15) is 9.97 Å². The van der Waals surface area contributed by atoms with Crippen molar-refractivity contribution in [1.29, 1.82) is 0 Å². The van der Waals surface area contributed by atoms with Gasteiger partial charge in [-0.15, -0.1) is 0 Å². The normalized spacial score (nSPS) is 10.8. The summed E-state index contributed by atoms with van der Waals surface area (Å²) in [7, 11) is 5.38. The first kappa shape index (κ1) is 18.2. The van der Waals surface area contributed by atoms with Crippen molar-refractivity contribution in [3.8, 4) is 5.75 Å². The second-order valence-electron chi connectivity index (χ2n) is 5.85. The standard InChI is InChI=1S/C17H22N4O2S/c1-10(2)15-18-16(21(4)5)20-17(19-15)24-14-8-7-12(11(3)22)9-13(14)23-6/h7-10H,1-6H3. The third kappa shape index (κ3) is 4.23. The van der Waals surface area contributed by atoms with E-state index in [1.807, 2.05) is 38.9 Å². The molecule has 0 unspecified atom stereocenters. The van der Waals surface area contributed by atoms with Crippen molar-refractivity contribution in [1.82, 2.24) is 15.0 Å². The van der Waals surface area contributed by atoms with E-state index in [1.54, 1.807) is 19.2 Å². The first-order valence-corrected chi connectivity index (χ1v) is 8.43. The van der Waals surface area contributed by atoms with E-state index in [1.165, 1.54) is 18.7 Å². The van der Waals surface area contributed by atoms with E-state index in [0.717, 1.165) is 10.7 Å². The molecule has 0 fully saturated rings. The number of carbonyl (C=O) groups excluding carboxylic acids is 1. The smallest absolute Gasteiger partial charge is 0.229 e. The molecule has 2 rings (SSSR count). The molecule has 128 valence electrons. The summed E-state index contributed by atoms with van der Waals surface area (Å²) < 4.78 is 5.41. The molecular formula is C17H22N4O2S. The number of ketones is 1. The Bertz CT molecular complexity index is 721. The zero-order chi connectivity index (χ0) is 17.9. The number of hydrogen-bond donors (Lipinski definition) is 0. The maximum atomic E-state index is 11.5. The summed E-state index contributed by atoms with van der Waals surface area (Å²) in [5, 5.41) is 0.603. The summed E-state index contributed by atoms with van der Waals surface area (Å²) in [4.78, 5) is 27.7. The van der Waals surface area contributed by atoms with Gasteiger partial charge in [0.25, 0.3) is 0 Å². The highest BCUT2D eigenvalue weighted by molar-refractivity contribution is 7.99. The van der Waals surface area contributed by atoms with Gasteiger partial charge in [-0.05, 0) is 30.8 Å². The Morgan fingerprint density at radius 2 is 1.92 bits per heavy atom. The highest BCUT2D eigenvalue weighted by atomic mass is 32.2. The van der Waals surface area contributed by atoms with Gasteiger partial charge in [0.2, 0.25) is 5.95 Å². The van der Waals surface area contributed by atoms with E-state index in [4.69, 9.17) is 4.74 Å². The topological polar surface area (TPSA) is 68.2 Å². The van der Waals surface area contributed by atoms with Crippen LogP contribution in [0.2, 0.25) is 0 Å². The average Bonchev–Trinajstić information content (AvgIpc) is 2.54. The first-order valence-electron chi connectivity index (χ1n) is 7.62. The van der Waals surface area contributed by atoms with Crippen LogP contribution in [-0.4, -0.2) is 41.9 Å². The largest absolute Gasteiger partial charge is 0.496 e. The summed E-state index contributed by atoms with van der Waals surface area (Å²) >= 11 is 1.40. The van der Waals surface area contributed by atoms with Crippen molar-refractivity contribution in [2.24, 2.45) is 0 Å². The molecule has 1 aromatic heterocycles. The predicted octanol–water partition coefficient (Wildman–Crippen LogP) is 3.42. The van der Waals surface area contributed by atoms with Gasteiger partial charge in [-0.1, -0.05) is 19.9 Å². The fourth-order valence-corrected chi connectivity index (χ4v) is 2.78. The van der Waals surface area contributed by atoms with Gasteiger partial charge >= 0.3 is 0 Å². The number of hydrogen-bond acceptors (Lipinski definition) is 7. The molecule has 0 atom stereocenters. The maximum Gasteiger partial charge on any atom is 0.229 e. The Labute approximate surface area is 146 Å². The van der Waals surface area contributed by atoms with Crippen LogP contribution in [0.5, 0.6) is 5.75 Å². The number of rotatable bonds is 6. The number of aromatic nitrogens is 3. The van der Waals surface area contributed by atoms with Crippen LogP contribution in [0.15, 0.2) is 28.3 Å². The average molecular weight is 346 g/mol. The van der Waals surface area contributed by atoms with E-state index in [-0.39, 0.29) is 11.7 Å². The summed E-state index contributed by atoms with van der Waals surface area (Å²) in [6.07, 6.45) is 0. The third-order valence-electron chi connectivity index (χ3n) is 3.31. The number of benzene rings is 1. The first-order chi connectivity index (χ1) is 11.3. The summed E-state index contributed by atoms with van der Waals surface area (Å²) in [6.45, 7) is 5.63. The minimum Gasteiger partial charge on any atom is -0.496 e.